The van der Waals surface area contributed by atoms with Gasteiger partial charge in [-0.2, -0.15) is 0 Å². The molecule has 0 fully saturated rings. The van der Waals surface area contributed by atoms with Crippen LogP contribution in [-0.2, 0) is 11.2 Å². The molecule has 64 valence electrons. The quantitative estimate of drug-likeness (QED) is 0.577. The number of aromatic nitrogens is 2. The van der Waals surface area contributed by atoms with Gasteiger partial charge in [-0.15, -0.1) is 0 Å². The average molecular weight is 173 g/mol. The summed E-state index contributed by atoms with van der Waals surface area (Å²) >= 11 is 0. The van der Waals surface area contributed by atoms with E-state index in [1.54, 1.807) is 6.20 Å². The summed E-state index contributed by atoms with van der Waals surface area (Å²) in [5, 5.41) is 2.59. The molecule has 5 heteroatoms. The Balaban J connectivity index is 2.54. The van der Waals surface area contributed by atoms with Crippen molar-refractivity contribution in [3.63, 3.8) is 0 Å². The second kappa shape index (κ2) is 2.76. The molecule has 0 aliphatic carbocycles. The minimum atomic E-state index is -0.205. The molecule has 0 bridgehead atoms. The van der Waals surface area contributed by atoms with Crippen LogP contribution in [0.3, 0.4) is 0 Å². The topological polar surface area (TPSA) is 54.9 Å². The monoisotopic (exact) mass is 173 g/mol. The van der Waals surface area contributed by atoms with E-state index in [1.807, 2.05) is 6.92 Å². The molecule has 1 aliphatic rings. The molecule has 2 rings (SSSR count). The molecule has 1 aliphatic heterocycles. The number of rotatable bonds is 1. The van der Waals surface area contributed by atoms with E-state index < -0.39 is 0 Å². The van der Waals surface area contributed by atoms with Crippen molar-refractivity contribution >= 4 is 24.7 Å². The van der Waals surface area contributed by atoms with Crippen molar-refractivity contribution in [2.45, 2.75) is 13.3 Å². The maximum atomic E-state index is 11.1. The van der Waals surface area contributed by atoms with E-state index in [2.05, 4.69) is 22.8 Å². The zero-order valence-electron chi connectivity index (χ0n) is 7.29. The molecule has 2 heterocycles. The molecule has 0 radical (unpaired) electrons. The standard InChI is InChI=1S/C8H8BN3O/c1-2-4-3-10-7-6(11-4)5(9)8(13)12-7/h3,9H,2H2,1H3,(H,10,12,13). The Hall–Kier alpha value is -1.52. The van der Waals surface area contributed by atoms with Crippen molar-refractivity contribution in [1.29, 1.82) is 0 Å². The maximum absolute atomic E-state index is 11.1. The molecule has 13 heavy (non-hydrogen) atoms. The summed E-state index contributed by atoms with van der Waals surface area (Å²) in [4.78, 5) is 19.5. The molecule has 4 nitrogen and oxygen atoms in total. The molecule has 1 amide bonds. The first-order chi connectivity index (χ1) is 6.22. The number of carbonyl (C=O) groups is 1. The first-order valence-electron chi connectivity index (χ1n) is 4.09. The first-order valence-corrected chi connectivity index (χ1v) is 4.09. The van der Waals surface area contributed by atoms with Gasteiger partial charge in [-0.3, -0.25) is 0 Å². The summed E-state index contributed by atoms with van der Waals surface area (Å²) in [6, 6.07) is 0. The van der Waals surface area contributed by atoms with Crippen LogP contribution in [0.4, 0.5) is 5.82 Å². The van der Waals surface area contributed by atoms with E-state index in [-0.39, 0.29) is 5.91 Å². The van der Waals surface area contributed by atoms with Crippen molar-refractivity contribution in [3.05, 3.63) is 17.6 Å². The molecular weight excluding hydrogens is 165 g/mol. The first kappa shape index (κ1) is 8.10. The van der Waals surface area contributed by atoms with E-state index >= 15 is 0 Å². The number of nitrogens with zero attached hydrogens (tertiary/aromatic N) is 2. The van der Waals surface area contributed by atoms with Crippen LogP contribution in [0.25, 0.3) is 0 Å². The van der Waals surface area contributed by atoms with Crippen molar-refractivity contribution in [2.24, 2.45) is 0 Å². The van der Waals surface area contributed by atoms with Gasteiger partial charge >= 0.3 is 75.7 Å². The predicted octanol–water partition coefficient (Wildman–Crippen LogP) is -0.588. The zero-order chi connectivity index (χ0) is 9.42. The summed E-state index contributed by atoms with van der Waals surface area (Å²) in [5.41, 5.74) is 1.86. The molecule has 0 atom stereocenters. The van der Waals surface area contributed by atoms with Crippen LogP contribution < -0.4 is 5.32 Å². The second-order valence-corrected chi connectivity index (χ2v) is 2.84. The van der Waals surface area contributed by atoms with Gasteiger partial charge in [0.2, 0.25) is 0 Å². The van der Waals surface area contributed by atoms with Crippen LogP contribution in [0.2, 0.25) is 0 Å². The Morgan fingerprint density at radius 3 is 3.08 bits per heavy atom. The molecule has 0 aromatic carbocycles. The fraction of sp³-hybridized carbons (Fsp3) is 0.250. The summed E-state index contributed by atoms with van der Waals surface area (Å²) in [5.74, 6) is 0.315. The van der Waals surface area contributed by atoms with Gasteiger partial charge in [-0.05, 0) is 0 Å². The van der Waals surface area contributed by atoms with Crippen LogP contribution in [0, 0.1) is 0 Å². The predicted molar refractivity (Wildman–Crippen MR) is 51.3 cm³/mol. The molecule has 1 N–H and O–H groups in total. The molecule has 1 aromatic heterocycles. The van der Waals surface area contributed by atoms with Crippen LogP contribution in [-0.4, -0.2) is 28.8 Å². The number of nitrogens with one attached hydrogen (secondary N) is 1. The average Bonchev–Trinajstić information content (AvgIpc) is 2.43. The molecule has 0 spiro atoms. The van der Waals surface area contributed by atoms with Crippen molar-refractivity contribution in [3.8, 4) is 0 Å². The van der Waals surface area contributed by atoms with Crippen LogP contribution in [0.1, 0.15) is 18.3 Å². The van der Waals surface area contributed by atoms with Crippen LogP contribution in [0.5, 0.6) is 0 Å². The van der Waals surface area contributed by atoms with Gasteiger partial charge in [0.15, 0.2) is 0 Å². The van der Waals surface area contributed by atoms with Crippen molar-refractivity contribution in [2.75, 3.05) is 5.32 Å². The fourth-order valence-electron chi connectivity index (χ4n) is 1.19. The van der Waals surface area contributed by atoms with E-state index in [0.717, 1.165) is 12.1 Å². The fourth-order valence-corrected chi connectivity index (χ4v) is 1.19. The van der Waals surface area contributed by atoms with E-state index in [9.17, 15) is 4.79 Å². The Bertz CT molecular complexity index is 402. The van der Waals surface area contributed by atoms with Gasteiger partial charge < -0.3 is 0 Å². The molecular formula is C8H8BN3O. The molecule has 1 aromatic rings. The minimum absolute atomic E-state index is 0.205. The second-order valence-electron chi connectivity index (χ2n) is 2.84. The number of anilines is 1. The van der Waals surface area contributed by atoms with E-state index in [4.69, 9.17) is 0 Å². The zero-order valence-corrected chi connectivity index (χ0v) is 7.29. The number of amides is 1. The van der Waals surface area contributed by atoms with E-state index in [0.29, 0.717) is 17.0 Å². The van der Waals surface area contributed by atoms with Crippen LogP contribution in [0.15, 0.2) is 6.20 Å². The normalized spacial score (nSPS) is 14.2. The summed E-state index contributed by atoms with van der Waals surface area (Å²) in [7, 11) is 3.64. The van der Waals surface area contributed by atoms with Crippen molar-refractivity contribution < 1.29 is 4.79 Å². The molecule has 0 unspecified atom stereocenters. The Morgan fingerprint density at radius 2 is 2.38 bits per heavy atom. The number of aryl methyl sites for hydroxylation is 1. The van der Waals surface area contributed by atoms with Gasteiger partial charge in [0, 0.05) is 0 Å². The Labute approximate surface area is 76.5 Å². The van der Waals surface area contributed by atoms with Gasteiger partial charge in [0.05, 0.1) is 0 Å². The third-order valence-electron chi connectivity index (χ3n) is 1.98. The van der Waals surface area contributed by atoms with E-state index in [1.165, 1.54) is 0 Å². The van der Waals surface area contributed by atoms with Crippen LogP contribution >= 0.6 is 0 Å². The third kappa shape index (κ3) is 1.16. The molecule has 0 saturated heterocycles. The third-order valence-corrected chi connectivity index (χ3v) is 1.98. The van der Waals surface area contributed by atoms with Gasteiger partial charge in [0.25, 0.3) is 0 Å². The molecule has 0 saturated carbocycles. The SMILES string of the molecule is B=C1C(=O)Nc2ncc(CC)nc21. The summed E-state index contributed by atoms with van der Waals surface area (Å²) < 4.78 is 0. The Morgan fingerprint density at radius 1 is 1.62 bits per heavy atom. The summed E-state index contributed by atoms with van der Waals surface area (Å²) in [6.07, 6.45) is 2.47. The van der Waals surface area contributed by atoms with Crippen molar-refractivity contribution in [1.82, 2.24) is 9.97 Å². The van der Waals surface area contributed by atoms with Gasteiger partial charge in [-0.25, -0.2) is 0 Å². The number of hydrogen-bond donors (Lipinski definition) is 1. The summed E-state index contributed by atoms with van der Waals surface area (Å²) in [6.45, 7) is 1.99. The number of carbonyl (C=O) groups excluding carboxylic acids is 1. The van der Waals surface area contributed by atoms with Gasteiger partial charge in [-0.1, -0.05) is 0 Å². The number of hydrogen-bond acceptors (Lipinski definition) is 3. The number of fused-ring (bicyclic) bond motifs is 1. The van der Waals surface area contributed by atoms with Gasteiger partial charge in [0.1, 0.15) is 0 Å². The Kier molecular flexibility index (Phi) is 1.72.